The number of hydrogen-bond donors (Lipinski definition) is 3. The fraction of sp³-hybridized carbons (Fsp3) is 0.415. The molecule has 13 heteroatoms. The largest absolute Gasteiger partial charge is 0.478 e. The van der Waals surface area contributed by atoms with Gasteiger partial charge in [0.15, 0.2) is 0 Å². The molecule has 292 valence electrons. The Balaban J connectivity index is 0.000000339. The number of aryl methyl sites for hydroxylation is 1. The molecule has 5 aromatic rings. The van der Waals surface area contributed by atoms with Gasteiger partial charge in [0.25, 0.3) is 0 Å². The second-order valence-corrected chi connectivity index (χ2v) is 13.8. The fourth-order valence-electron chi connectivity index (χ4n) is 4.58. The topological polar surface area (TPSA) is 186 Å². The van der Waals surface area contributed by atoms with Crippen molar-refractivity contribution in [1.29, 1.82) is 0 Å². The van der Waals surface area contributed by atoms with Crippen LogP contribution in [0.4, 0.5) is 0 Å². The molecule has 13 nitrogen and oxygen atoms in total. The van der Waals surface area contributed by atoms with Crippen molar-refractivity contribution in [1.82, 2.24) is 34.1 Å². The van der Waals surface area contributed by atoms with Crippen molar-refractivity contribution in [3.63, 3.8) is 0 Å². The molecule has 5 rings (SSSR count). The summed E-state index contributed by atoms with van der Waals surface area (Å²) in [4.78, 5) is 52.0. The lowest BCUT2D eigenvalue weighted by Gasteiger charge is -2.05. The van der Waals surface area contributed by atoms with E-state index in [1.54, 1.807) is 29.8 Å². The zero-order chi connectivity index (χ0) is 41.1. The minimum absolute atomic E-state index is 0.235. The van der Waals surface area contributed by atoms with Crippen LogP contribution in [0, 0.1) is 0 Å². The summed E-state index contributed by atoms with van der Waals surface area (Å²) < 4.78 is 3.65. The molecule has 0 aliphatic heterocycles. The normalized spacial score (nSPS) is 10.4. The van der Waals surface area contributed by atoms with Gasteiger partial charge in [-0.3, -0.25) is 15.0 Å². The van der Waals surface area contributed by atoms with Gasteiger partial charge in [-0.1, -0.05) is 75.3 Å². The maximum absolute atomic E-state index is 10.6. The van der Waals surface area contributed by atoms with Crippen LogP contribution < -0.4 is 0 Å². The van der Waals surface area contributed by atoms with Crippen LogP contribution in [0.1, 0.15) is 159 Å². The number of carbonyl (C=O) groups is 3. The second kappa shape index (κ2) is 23.1. The molecule has 0 bridgehead atoms. The first-order chi connectivity index (χ1) is 25.3. The number of aromatic nitrogens is 7. The van der Waals surface area contributed by atoms with Crippen molar-refractivity contribution >= 4 is 17.9 Å². The van der Waals surface area contributed by atoms with Crippen LogP contribution in [0.25, 0.3) is 0 Å². The molecule has 0 aliphatic rings. The molecule has 5 heterocycles. The number of nitrogens with zero attached hydrogens (tertiary/aromatic N) is 7. The van der Waals surface area contributed by atoms with Crippen molar-refractivity contribution in [2.45, 2.75) is 98.8 Å². The zero-order valence-corrected chi connectivity index (χ0v) is 33.6. The second-order valence-electron chi connectivity index (χ2n) is 13.8. The zero-order valence-electron chi connectivity index (χ0n) is 33.6. The number of carboxylic acid groups (broad SMARTS) is 3. The Kier molecular flexibility index (Phi) is 19.8. The van der Waals surface area contributed by atoms with Crippen molar-refractivity contribution in [2.75, 3.05) is 0 Å². The highest BCUT2D eigenvalue weighted by Crippen LogP contribution is 2.14. The molecular weight excluding hydrogens is 686 g/mol. The molecule has 54 heavy (non-hydrogen) atoms. The third kappa shape index (κ3) is 15.9. The first kappa shape index (κ1) is 46.3. The predicted molar refractivity (Wildman–Crippen MR) is 210 cm³/mol. The molecule has 0 saturated heterocycles. The smallest absolute Gasteiger partial charge is 0.354 e. The SMILES string of the molecule is CC(C)c1cc(C(=O)O)ccn1.CC(C)c1ccc(C(=O)O)cn1.CC(C)c1ccccn1.CC(C)c1ncc(C(=O)O)n1C.CC(C)c1nccn1C. The van der Waals surface area contributed by atoms with Gasteiger partial charge >= 0.3 is 17.9 Å². The molecule has 0 fully saturated rings. The van der Waals surface area contributed by atoms with Gasteiger partial charge in [0.05, 0.1) is 17.3 Å². The quantitative estimate of drug-likeness (QED) is 0.138. The van der Waals surface area contributed by atoms with E-state index in [1.165, 1.54) is 24.7 Å². The Morgan fingerprint density at radius 1 is 0.519 bits per heavy atom. The Morgan fingerprint density at radius 2 is 1.07 bits per heavy atom. The number of imidazole rings is 2. The average Bonchev–Trinajstić information content (AvgIpc) is 3.75. The Morgan fingerprint density at radius 3 is 1.41 bits per heavy atom. The van der Waals surface area contributed by atoms with E-state index in [9.17, 15) is 14.4 Å². The van der Waals surface area contributed by atoms with Gasteiger partial charge in [-0.05, 0) is 54.2 Å². The summed E-state index contributed by atoms with van der Waals surface area (Å²) in [6, 6.07) is 12.4. The van der Waals surface area contributed by atoms with E-state index in [0.717, 1.165) is 28.7 Å². The summed E-state index contributed by atoms with van der Waals surface area (Å²) in [5.74, 6) is 1.12. The van der Waals surface area contributed by atoms with Crippen LogP contribution in [0.5, 0.6) is 0 Å². The highest BCUT2D eigenvalue weighted by atomic mass is 16.4. The number of hydrogen-bond acceptors (Lipinski definition) is 8. The van der Waals surface area contributed by atoms with Gasteiger partial charge in [-0.25, -0.2) is 24.4 Å². The van der Waals surface area contributed by atoms with Gasteiger partial charge in [-0.2, -0.15) is 0 Å². The molecule has 3 N–H and O–H groups in total. The van der Waals surface area contributed by atoms with E-state index in [0.29, 0.717) is 23.3 Å². The Bertz CT molecular complexity index is 1860. The lowest BCUT2D eigenvalue weighted by Crippen LogP contribution is -2.07. The Hall–Kier alpha value is -5.72. The van der Waals surface area contributed by atoms with Gasteiger partial charge in [0.2, 0.25) is 0 Å². The molecule has 0 radical (unpaired) electrons. The van der Waals surface area contributed by atoms with Crippen molar-refractivity contribution in [3.05, 3.63) is 125 Å². The first-order valence-corrected chi connectivity index (χ1v) is 17.8. The Labute approximate surface area is 319 Å². The van der Waals surface area contributed by atoms with Crippen molar-refractivity contribution < 1.29 is 29.7 Å². The molecule has 0 unspecified atom stereocenters. The van der Waals surface area contributed by atoms with E-state index >= 15 is 0 Å². The monoisotopic (exact) mass is 743 g/mol. The third-order valence-corrected chi connectivity index (χ3v) is 7.66. The van der Waals surface area contributed by atoms with Crippen LogP contribution in [-0.4, -0.2) is 67.3 Å². The number of rotatable bonds is 8. The first-order valence-electron chi connectivity index (χ1n) is 17.8. The summed E-state index contributed by atoms with van der Waals surface area (Å²) in [5, 5.41) is 25.9. The van der Waals surface area contributed by atoms with Crippen LogP contribution in [0.2, 0.25) is 0 Å². The standard InChI is InChI=1S/2C9H11NO2.C8H12N2O2.C8H11N.C7H12N2/c1-6(2)8-5-7(9(11)12)3-4-10-8;1-6(2)8-4-3-7(5-10-8)9(11)12;1-5(2)7-9-4-6(8(11)12)10(7)3;1-7(2)8-5-3-4-6-9-8;1-6(2)7-8-4-5-9(7)3/h2*3-6H,1-2H3,(H,11,12);4-5H,1-3H3,(H,11,12);3-7H,1-2H3;4-6H,1-3H3. The van der Waals surface area contributed by atoms with E-state index in [2.05, 4.69) is 52.6 Å². The van der Waals surface area contributed by atoms with Crippen LogP contribution >= 0.6 is 0 Å². The summed E-state index contributed by atoms with van der Waals surface area (Å²) in [5.41, 5.74) is 3.67. The van der Waals surface area contributed by atoms with Crippen LogP contribution in [0.15, 0.2) is 79.6 Å². The minimum atomic E-state index is -0.933. The summed E-state index contributed by atoms with van der Waals surface area (Å²) in [6.45, 7) is 20.5. The van der Waals surface area contributed by atoms with Gasteiger partial charge in [0, 0.05) is 74.0 Å². The summed E-state index contributed by atoms with van der Waals surface area (Å²) in [6.07, 6.45) is 9.92. The molecule has 0 atom stereocenters. The fourth-order valence-corrected chi connectivity index (χ4v) is 4.58. The maximum Gasteiger partial charge on any atom is 0.354 e. The van der Waals surface area contributed by atoms with E-state index < -0.39 is 17.9 Å². The van der Waals surface area contributed by atoms with E-state index in [4.69, 9.17) is 15.3 Å². The summed E-state index contributed by atoms with van der Waals surface area (Å²) in [7, 11) is 3.73. The third-order valence-electron chi connectivity index (χ3n) is 7.66. The van der Waals surface area contributed by atoms with Crippen molar-refractivity contribution in [2.24, 2.45) is 14.1 Å². The van der Waals surface area contributed by atoms with Crippen LogP contribution in [-0.2, 0) is 14.1 Å². The van der Waals surface area contributed by atoms with Crippen molar-refractivity contribution in [3.8, 4) is 0 Å². The molecule has 0 aliphatic carbocycles. The lowest BCUT2D eigenvalue weighted by molar-refractivity contribution is 0.0678. The number of carboxylic acids is 3. The molecule has 0 spiro atoms. The molecule has 0 saturated carbocycles. The van der Waals surface area contributed by atoms with E-state index in [-0.39, 0.29) is 23.1 Å². The van der Waals surface area contributed by atoms with Gasteiger partial charge < -0.3 is 24.5 Å². The number of aromatic carboxylic acids is 3. The highest BCUT2D eigenvalue weighted by molar-refractivity contribution is 5.87. The number of pyridine rings is 3. The lowest BCUT2D eigenvalue weighted by atomic mass is 10.1. The highest BCUT2D eigenvalue weighted by Gasteiger charge is 2.14. The molecule has 0 aromatic carbocycles. The molecular formula is C41H57N7O6. The molecule has 0 amide bonds. The van der Waals surface area contributed by atoms with Gasteiger partial charge in [-0.15, -0.1) is 0 Å². The maximum atomic E-state index is 10.6. The van der Waals surface area contributed by atoms with Crippen LogP contribution in [0.3, 0.4) is 0 Å². The predicted octanol–water partition coefficient (Wildman–Crippen LogP) is 8.80. The minimum Gasteiger partial charge on any atom is -0.478 e. The summed E-state index contributed by atoms with van der Waals surface area (Å²) >= 11 is 0. The molecule has 5 aromatic heterocycles. The van der Waals surface area contributed by atoms with Gasteiger partial charge in [0.1, 0.15) is 17.3 Å². The average molecular weight is 744 g/mol. The van der Waals surface area contributed by atoms with E-state index in [1.807, 2.05) is 89.9 Å².